The van der Waals surface area contributed by atoms with Crippen molar-refractivity contribution in [3.05, 3.63) is 102 Å². The van der Waals surface area contributed by atoms with E-state index in [4.69, 9.17) is 39.5 Å². The van der Waals surface area contributed by atoms with Gasteiger partial charge in [0.15, 0.2) is 0 Å². The lowest BCUT2D eigenvalue weighted by Gasteiger charge is -2.28. The average Bonchev–Trinajstić information content (AvgIpc) is 2.84. The Balaban J connectivity index is 1.70. The van der Waals surface area contributed by atoms with Crippen LogP contribution < -0.4 is 15.0 Å². The standard InChI is InChI=1S/C25H16Cl3N3O6/c1-13-19(27)3-2-4-21(13)30-24(33)18(23(32)29-25(30)34)10-15-9-16(26)11-20(28)22(15)37-12-14-5-7-17(8-6-14)31(35)36/h2-11H,12H2,1H3,(H,29,32,34)/b18-10+. The molecule has 0 radical (unpaired) electrons. The monoisotopic (exact) mass is 559 g/mol. The molecule has 0 atom stereocenters. The number of benzene rings is 3. The van der Waals surface area contributed by atoms with E-state index in [1.54, 1.807) is 19.1 Å². The smallest absolute Gasteiger partial charge is 0.335 e. The Bertz CT molecular complexity index is 1490. The van der Waals surface area contributed by atoms with Gasteiger partial charge in [0.1, 0.15) is 17.9 Å². The van der Waals surface area contributed by atoms with E-state index in [-0.39, 0.29) is 44.9 Å². The van der Waals surface area contributed by atoms with Gasteiger partial charge in [0.05, 0.1) is 15.6 Å². The van der Waals surface area contributed by atoms with Crippen molar-refractivity contribution in [2.24, 2.45) is 0 Å². The maximum atomic E-state index is 13.3. The summed E-state index contributed by atoms with van der Waals surface area (Å²) < 4.78 is 5.84. The van der Waals surface area contributed by atoms with Gasteiger partial charge in [-0.05, 0) is 60.5 Å². The van der Waals surface area contributed by atoms with Gasteiger partial charge in [0, 0.05) is 27.7 Å². The normalized spacial score (nSPS) is 14.6. The molecule has 3 aromatic carbocycles. The van der Waals surface area contributed by atoms with Crippen molar-refractivity contribution >= 4 is 70.1 Å². The first-order chi connectivity index (χ1) is 17.6. The van der Waals surface area contributed by atoms with Gasteiger partial charge in [0.2, 0.25) is 0 Å². The van der Waals surface area contributed by atoms with Gasteiger partial charge in [0.25, 0.3) is 17.5 Å². The highest BCUT2D eigenvalue weighted by molar-refractivity contribution is 6.40. The number of nitrogens with zero attached hydrogens (tertiary/aromatic N) is 2. The molecule has 0 aliphatic carbocycles. The van der Waals surface area contributed by atoms with Crippen molar-refractivity contribution < 1.29 is 24.0 Å². The number of urea groups is 1. The third-order valence-electron chi connectivity index (χ3n) is 5.45. The topological polar surface area (TPSA) is 119 Å². The lowest BCUT2D eigenvalue weighted by Crippen LogP contribution is -2.54. The van der Waals surface area contributed by atoms with E-state index in [9.17, 15) is 24.5 Å². The third-order valence-corrected chi connectivity index (χ3v) is 6.36. The summed E-state index contributed by atoms with van der Waals surface area (Å²) in [5, 5.41) is 13.7. The first kappa shape index (κ1) is 26.2. The van der Waals surface area contributed by atoms with E-state index < -0.39 is 22.8 Å². The molecule has 1 fully saturated rings. The molecular formula is C25H16Cl3N3O6. The number of hydrogen-bond acceptors (Lipinski definition) is 6. The van der Waals surface area contributed by atoms with Gasteiger partial charge in [-0.2, -0.15) is 0 Å². The van der Waals surface area contributed by atoms with Crippen molar-refractivity contribution in [2.75, 3.05) is 4.90 Å². The number of imide groups is 2. The lowest BCUT2D eigenvalue weighted by molar-refractivity contribution is -0.384. The van der Waals surface area contributed by atoms with Gasteiger partial charge < -0.3 is 4.74 Å². The summed E-state index contributed by atoms with van der Waals surface area (Å²) in [6.45, 7) is 1.61. The minimum atomic E-state index is -0.920. The molecule has 0 unspecified atom stereocenters. The number of nitrogens with one attached hydrogen (secondary N) is 1. The summed E-state index contributed by atoms with van der Waals surface area (Å²) >= 11 is 18.7. The summed E-state index contributed by atoms with van der Waals surface area (Å²) in [6.07, 6.45) is 1.22. The van der Waals surface area contributed by atoms with Crippen LogP contribution in [-0.2, 0) is 16.2 Å². The number of halogens is 3. The number of non-ortho nitro benzene ring substituents is 1. The molecule has 1 saturated heterocycles. The molecule has 1 aliphatic heterocycles. The Morgan fingerprint density at radius 1 is 1.03 bits per heavy atom. The SMILES string of the molecule is Cc1c(Cl)cccc1N1C(=O)NC(=O)/C(=C\c2cc(Cl)cc(Cl)c2OCc2ccc([N+](=O)[O-])cc2)C1=O. The van der Waals surface area contributed by atoms with Gasteiger partial charge in [-0.25, -0.2) is 9.69 Å². The number of nitro groups is 1. The van der Waals surface area contributed by atoms with Crippen molar-refractivity contribution in [2.45, 2.75) is 13.5 Å². The molecule has 9 nitrogen and oxygen atoms in total. The van der Waals surface area contributed by atoms with E-state index in [0.717, 1.165) is 4.90 Å². The van der Waals surface area contributed by atoms with Crippen LogP contribution in [0.2, 0.25) is 15.1 Å². The quantitative estimate of drug-likeness (QED) is 0.168. The van der Waals surface area contributed by atoms with E-state index in [1.165, 1.54) is 48.5 Å². The van der Waals surface area contributed by atoms with Crippen LogP contribution in [-0.4, -0.2) is 22.8 Å². The molecule has 1 heterocycles. The second-order valence-electron chi connectivity index (χ2n) is 7.86. The molecule has 188 valence electrons. The molecule has 4 rings (SSSR count). The van der Waals surface area contributed by atoms with Gasteiger partial charge >= 0.3 is 6.03 Å². The van der Waals surface area contributed by atoms with Gasteiger partial charge in [-0.1, -0.05) is 40.9 Å². The molecule has 0 bridgehead atoms. The second-order valence-corrected chi connectivity index (χ2v) is 9.11. The lowest BCUT2D eigenvalue weighted by atomic mass is 10.0. The zero-order chi connectivity index (χ0) is 26.9. The van der Waals surface area contributed by atoms with Crippen molar-refractivity contribution in [1.29, 1.82) is 0 Å². The highest BCUT2D eigenvalue weighted by Gasteiger charge is 2.38. The van der Waals surface area contributed by atoms with Crippen LogP contribution in [0.4, 0.5) is 16.2 Å². The first-order valence-electron chi connectivity index (χ1n) is 10.6. The summed E-state index contributed by atoms with van der Waals surface area (Å²) in [7, 11) is 0. The number of carbonyl (C=O) groups excluding carboxylic acids is 3. The number of carbonyl (C=O) groups is 3. The highest BCUT2D eigenvalue weighted by atomic mass is 35.5. The van der Waals surface area contributed by atoms with Crippen LogP contribution in [0.3, 0.4) is 0 Å². The number of anilines is 1. The Labute approximate surface area is 225 Å². The fourth-order valence-electron chi connectivity index (χ4n) is 3.58. The number of hydrogen-bond donors (Lipinski definition) is 1. The zero-order valence-electron chi connectivity index (χ0n) is 19.0. The molecule has 3 aromatic rings. The maximum absolute atomic E-state index is 13.3. The number of nitro benzene ring substituents is 1. The predicted octanol–water partition coefficient (Wildman–Crippen LogP) is 6.11. The molecule has 0 spiro atoms. The molecule has 0 aromatic heterocycles. The first-order valence-corrected chi connectivity index (χ1v) is 11.7. The van der Waals surface area contributed by atoms with Crippen LogP contribution in [0.5, 0.6) is 5.75 Å². The van der Waals surface area contributed by atoms with Crippen LogP contribution in [0, 0.1) is 17.0 Å². The molecule has 0 saturated carbocycles. The third kappa shape index (κ3) is 5.43. The fourth-order valence-corrected chi connectivity index (χ4v) is 4.31. The van der Waals surface area contributed by atoms with Crippen LogP contribution in [0.15, 0.2) is 60.2 Å². The number of barbiturate groups is 1. The van der Waals surface area contributed by atoms with Gasteiger partial charge in [-0.15, -0.1) is 0 Å². The largest absolute Gasteiger partial charge is 0.487 e. The molecular weight excluding hydrogens is 545 g/mol. The summed E-state index contributed by atoms with van der Waals surface area (Å²) in [5.74, 6) is -1.68. The fraction of sp³-hybridized carbons (Fsp3) is 0.0800. The molecule has 4 amide bonds. The van der Waals surface area contributed by atoms with Crippen molar-refractivity contribution in [3.8, 4) is 5.75 Å². The van der Waals surface area contributed by atoms with E-state index in [0.29, 0.717) is 16.1 Å². The van der Waals surface area contributed by atoms with Crippen LogP contribution >= 0.6 is 34.8 Å². The van der Waals surface area contributed by atoms with Crippen LogP contribution in [0.1, 0.15) is 16.7 Å². The van der Waals surface area contributed by atoms with E-state index in [2.05, 4.69) is 5.32 Å². The summed E-state index contributed by atoms with van der Waals surface area (Å²) in [4.78, 5) is 49.7. The highest BCUT2D eigenvalue weighted by Crippen LogP contribution is 2.36. The minimum Gasteiger partial charge on any atom is -0.487 e. The second kappa shape index (κ2) is 10.6. The number of rotatable bonds is 6. The Morgan fingerprint density at radius 2 is 1.73 bits per heavy atom. The van der Waals surface area contributed by atoms with Crippen LogP contribution in [0.25, 0.3) is 6.08 Å². The maximum Gasteiger partial charge on any atom is 0.335 e. The van der Waals surface area contributed by atoms with E-state index >= 15 is 0 Å². The zero-order valence-corrected chi connectivity index (χ0v) is 21.2. The molecule has 1 aliphatic rings. The molecule has 12 heteroatoms. The Kier molecular flexibility index (Phi) is 7.49. The van der Waals surface area contributed by atoms with Gasteiger partial charge in [-0.3, -0.25) is 25.0 Å². The van der Waals surface area contributed by atoms with Crippen molar-refractivity contribution in [3.63, 3.8) is 0 Å². The van der Waals surface area contributed by atoms with Crippen molar-refractivity contribution in [1.82, 2.24) is 5.32 Å². The summed E-state index contributed by atoms with van der Waals surface area (Å²) in [5.41, 5.74) is 1.06. The minimum absolute atomic E-state index is 0.0258. The van der Waals surface area contributed by atoms with E-state index in [1.807, 2.05) is 0 Å². The summed E-state index contributed by atoms with van der Waals surface area (Å²) in [6, 6.07) is 12.4. The molecule has 37 heavy (non-hydrogen) atoms. The number of amides is 4. The Morgan fingerprint density at radius 3 is 2.41 bits per heavy atom. The Hall–Kier alpha value is -3.92. The molecule has 1 N–H and O–H groups in total. The number of ether oxygens (including phenoxy) is 1. The average molecular weight is 561 g/mol. The predicted molar refractivity (Wildman–Crippen MR) is 139 cm³/mol.